The van der Waals surface area contributed by atoms with Crippen LogP contribution in [0.4, 0.5) is 0 Å². The van der Waals surface area contributed by atoms with Gasteiger partial charge in [-0.05, 0) is 30.0 Å². The fourth-order valence-corrected chi connectivity index (χ4v) is 2.58. The van der Waals surface area contributed by atoms with Gasteiger partial charge in [0.1, 0.15) is 5.75 Å². The predicted molar refractivity (Wildman–Crippen MR) is 71.8 cm³/mol. The molecule has 3 heteroatoms. The third-order valence-electron chi connectivity index (χ3n) is 3.69. The van der Waals surface area contributed by atoms with Crippen molar-refractivity contribution in [2.24, 2.45) is 5.73 Å². The van der Waals surface area contributed by atoms with E-state index in [1.807, 2.05) is 6.07 Å². The number of fused-ring (bicyclic) bond motifs is 1. The molecule has 0 saturated heterocycles. The van der Waals surface area contributed by atoms with E-state index in [-0.39, 0.29) is 5.54 Å². The number of hydrogen-bond acceptors (Lipinski definition) is 2. The Labute approximate surface area is 108 Å². The molecule has 2 nitrogen and oxygen atoms in total. The van der Waals surface area contributed by atoms with Crippen molar-refractivity contribution in [3.05, 3.63) is 28.3 Å². The summed E-state index contributed by atoms with van der Waals surface area (Å²) in [6.07, 6.45) is 1.76. The Morgan fingerprint density at radius 3 is 2.76 bits per heavy atom. The molecule has 1 unspecified atom stereocenters. The van der Waals surface area contributed by atoms with E-state index >= 15 is 0 Å². The molecule has 2 rings (SSSR count). The van der Waals surface area contributed by atoms with Crippen LogP contribution in [0.1, 0.15) is 50.7 Å². The molecule has 0 aliphatic carbocycles. The Bertz CT molecular complexity index is 430. The van der Waals surface area contributed by atoms with E-state index in [4.69, 9.17) is 22.1 Å². The largest absolute Gasteiger partial charge is 0.492 e. The molecule has 0 saturated carbocycles. The van der Waals surface area contributed by atoms with Crippen molar-refractivity contribution in [1.82, 2.24) is 0 Å². The second-order valence-corrected chi connectivity index (χ2v) is 5.55. The van der Waals surface area contributed by atoms with Gasteiger partial charge in [-0.3, -0.25) is 0 Å². The van der Waals surface area contributed by atoms with Crippen LogP contribution < -0.4 is 10.5 Å². The van der Waals surface area contributed by atoms with Crippen LogP contribution in [0.2, 0.25) is 5.02 Å². The molecule has 17 heavy (non-hydrogen) atoms. The first-order chi connectivity index (χ1) is 7.98. The fraction of sp³-hybridized carbons (Fsp3) is 0.571. The second kappa shape index (κ2) is 4.51. The molecule has 1 atom stereocenters. The minimum atomic E-state index is -0.290. The lowest BCUT2D eigenvalue weighted by atomic mass is 9.81. The van der Waals surface area contributed by atoms with Crippen molar-refractivity contribution in [2.75, 3.05) is 6.61 Å². The molecular weight excluding hydrogens is 234 g/mol. The van der Waals surface area contributed by atoms with Crippen molar-refractivity contribution in [3.8, 4) is 5.75 Å². The maximum absolute atomic E-state index is 6.47. The van der Waals surface area contributed by atoms with Gasteiger partial charge in [-0.15, -0.1) is 0 Å². The van der Waals surface area contributed by atoms with Crippen LogP contribution in [-0.2, 0) is 5.54 Å². The summed E-state index contributed by atoms with van der Waals surface area (Å²) in [5.74, 6) is 1.23. The van der Waals surface area contributed by atoms with E-state index in [9.17, 15) is 0 Å². The van der Waals surface area contributed by atoms with Gasteiger partial charge in [0.25, 0.3) is 0 Å². The van der Waals surface area contributed by atoms with Crippen LogP contribution in [0.3, 0.4) is 0 Å². The molecule has 1 aromatic carbocycles. The highest BCUT2D eigenvalue weighted by atomic mass is 35.5. The number of hydrogen-bond donors (Lipinski definition) is 1. The first kappa shape index (κ1) is 12.7. The SMILES string of the molecule is CCC1(N)CCOc2c(Cl)cc(C(C)C)cc21. The summed E-state index contributed by atoms with van der Waals surface area (Å²) < 4.78 is 5.67. The Morgan fingerprint density at radius 1 is 1.47 bits per heavy atom. The van der Waals surface area contributed by atoms with Crippen molar-refractivity contribution in [2.45, 2.75) is 45.1 Å². The van der Waals surface area contributed by atoms with Crippen molar-refractivity contribution in [1.29, 1.82) is 0 Å². The van der Waals surface area contributed by atoms with Gasteiger partial charge >= 0.3 is 0 Å². The third kappa shape index (κ3) is 2.16. The second-order valence-electron chi connectivity index (χ2n) is 5.14. The lowest BCUT2D eigenvalue weighted by Gasteiger charge is -2.36. The lowest BCUT2D eigenvalue weighted by Crippen LogP contribution is -2.41. The first-order valence-corrected chi connectivity index (χ1v) is 6.61. The number of nitrogens with two attached hydrogens (primary N) is 1. The standard InChI is InChI=1S/C14H20ClNO/c1-4-14(16)5-6-17-13-11(14)7-10(9(2)3)8-12(13)15/h7-9H,4-6,16H2,1-3H3. The van der Waals surface area contributed by atoms with Gasteiger partial charge in [-0.25, -0.2) is 0 Å². The molecule has 0 fully saturated rings. The average Bonchev–Trinajstić information content (AvgIpc) is 2.30. The van der Waals surface area contributed by atoms with Gasteiger partial charge in [0.15, 0.2) is 0 Å². The van der Waals surface area contributed by atoms with Crippen LogP contribution in [0.15, 0.2) is 12.1 Å². The number of benzene rings is 1. The van der Waals surface area contributed by atoms with Crippen LogP contribution >= 0.6 is 11.6 Å². The minimum Gasteiger partial charge on any atom is -0.492 e. The summed E-state index contributed by atoms with van der Waals surface area (Å²) in [6, 6.07) is 4.15. The monoisotopic (exact) mass is 253 g/mol. The zero-order chi connectivity index (χ0) is 12.6. The molecular formula is C14H20ClNO. The topological polar surface area (TPSA) is 35.2 Å². The summed E-state index contributed by atoms with van der Waals surface area (Å²) in [4.78, 5) is 0. The summed E-state index contributed by atoms with van der Waals surface area (Å²) in [6.45, 7) is 7.08. The van der Waals surface area contributed by atoms with Gasteiger partial charge in [-0.2, -0.15) is 0 Å². The van der Waals surface area contributed by atoms with Gasteiger partial charge in [0.2, 0.25) is 0 Å². The molecule has 2 N–H and O–H groups in total. The third-order valence-corrected chi connectivity index (χ3v) is 3.98. The fourth-order valence-electron chi connectivity index (χ4n) is 2.30. The Hall–Kier alpha value is -0.730. The normalized spacial score (nSPS) is 23.4. The Kier molecular flexibility index (Phi) is 3.37. The summed E-state index contributed by atoms with van der Waals surface area (Å²) in [5, 5.41) is 0.689. The van der Waals surface area contributed by atoms with E-state index in [2.05, 4.69) is 26.8 Å². The van der Waals surface area contributed by atoms with Crippen LogP contribution in [0.5, 0.6) is 5.75 Å². The van der Waals surface area contributed by atoms with E-state index in [0.29, 0.717) is 17.5 Å². The molecule has 1 aliphatic heterocycles. The molecule has 94 valence electrons. The molecule has 1 aromatic rings. The van der Waals surface area contributed by atoms with E-state index in [1.54, 1.807) is 0 Å². The molecule has 0 aromatic heterocycles. The van der Waals surface area contributed by atoms with Crippen molar-refractivity contribution in [3.63, 3.8) is 0 Å². The zero-order valence-corrected chi connectivity index (χ0v) is 11.5. The summed E-state index contributed by atoms with van der Waals surface area (Å²) >= 11 is 6.30. The minimum absolute atomic E-state index is 0.290. The maximum atomic E-state index is 6.47. The smallest absolute Gasteiger partial charge is 0.142 e. The van der Waals surface area contributed by atoms with Crippen LogP contribution in [0.25, 0.3) is 0 Å². The number of ether oxygens (including phenoxy) is 1. The molecule has 0 amide bonds. The van der Waals surface area contributed by atoms with Gasteiger partial charge < -0.3 is 10.5 Å². The first-order valence-electron chi connectivity index (χ1n) is 6.23. The van der Waals surface area contributed by atoms with E-state index in [0.717, 1.165) is 24.2 Å². The highest BCUT2D eigenvalue weighted by Gasteiger charge is 2.34. The van der Waals surface area contributed by atoms with Crippen LogP contribution in [-0.4, -0.2) is 6.61 Å². The van der Waals surface area contributed by atoms with Crippen LogP contribution in [0, 0.1) is 0 Å². The Morgan fingerprint density at radius 2 is 2.18 bits per heavy atom. The quantitative estimate of drug-likeness (QED) is 0.870. The Balaban J connectivity index is 2.59. The van der Waals surface area contributed by atoms with Crippen molar-refractivity contribution < 1.29 is 4.74 Å². The summed E-state index contributed by atoms with van der Waals surface area (Å²) in [5.41, 5.74) is 8.48. The van der Waals surface area contributed by atoms with Crippen molar-refractivity contribution >= 4 is 11.6 Å². The van der Waals surface area contributed by atoms with E-state index in [1.165, 1.54) is 5.56 Å². The van der Waals surface area contributed by atoms with Gasteiger partial charge in [0, 0.05) is 17.5 Å². The van der Waals surface area contributed by atoms with Gasteiger partial charge in [0.05, 0.1) is 11.6 Å². The molecule has 0 bridgehead atoms. The number of rotatable bonds is 2. The average molecular weight is 254 g/mol. The van der Waals surface area contributed by atoms with E-state index < -0.39 is 0 Å². The highest BCUT2D eigenvalue weighted by molar-refractivity contribution is 6.32. The molecule has 1 heterocycles. The molecule has 0 radical (unpaired) electrons. The highest BCUT2D eigenvalue weighted by Crippen LogP contribution is 2.43. The molecule has 0 spiro atoms. The molecule has 1 aliphatic rings. The summed E-state index contributed by atoms with van der Waals surface area (Å²) in [7, 11) is 0. The predicted octanol–water partition coefficient (Wildman–Crippen LogP) is 3.81. The lowest BCUT2D eigenvalue weighted by molar-refractivity contribution is 0.212. The number of halogens is 1. The zero-order valence-electron chi connectivity index (χ0n) is 10.7. The maximum Gasteiger partial charge on any atom is 0.142 e. The van der Waals surface area contributed by atoms with Gasteiger partial charge in [-0.1, -0.05) is 32.4 Å².